The fourth-order valence-electron chi connectivity index (χ4n) is 5.49. The zero-order valence-corrected chi connectivity index (χ0v) is 20.2. The first-order chi connectivity index (χ1) is 16.9. The number of carbonyl (C=O) groups is 1. The molecule has 5 rings (SSSR count). The average molecular weight is 487 g/mol. The number of aromatic nitrogens is 1. The van der Waals surface area contributed by atoms with Gasteiger partial charge >= 0.3 is 6.09 Å². The van der Waals surface area contributed by atoms with Crippen LogP contribution in [0.5, 0.6) is 0 Å². The maximum atomic E-state index is 15.3. The Bertz CT molecular complexity index is 968. The summed E-state index contributed by atoms with van der Waals surface area (Å²) in [5, 5.41) is 0. The highest BCUT2D eigenvalue weighted by Crippen LogP contribution is 2.53. The number of carbonyl (C=O) groups excluding carboxylic acids is 1. The van der Waals surface area contributed by atoms with Gasteiger partial charge in [-0.1, -0.05) is 6.08 Å². The molecule has 0 spiro atoms. The molecule has 4 N–H and O–H groups in total. The van der Waals surface area contributed by atoms with Gasteiger partial charge < -0.3 is 30.7 Å². The summed E-state index contributed by atoms with van der Waals surface area (Å²) in [6.45, 7) is 6.19. The summed E-state index contributed by atoms with van der Waals surface area (Å²) in [5.41, 5.74) is 13.3. The smallest absolute Gasteiger partial charge is 0.436 e. The Kier molecular flexibility index (Phi) is 6.82. The van der Waals surface area contributed by atoms with Gasteiger partial charge in [0.25, 0.3) is 0 Å². The van der Waals surface area contributed by atoms with E-state index in [1.165, 1.54) is 5.69 Å². The lowest BCUT2D eigenvalue weighted by atomic mass is 9.88. The number of pyridine rings is 1. The van der Waals surface area contributed by atoms with E-state index in [0.717, 1.165) is 44.7 Å². The lowest BCUT2D eigenvalue weighted by Gasteiger charge is -2.45. The van der Waals surface area contributed by atoms with Crippen LogP contribution in [0, 0.1) is 30.6 Å². The van der Waals surface area contributed by atoms with E-state index in [9.17, 15) is 4.79 Å². The number of rotatable bonds is 7. The number of likely N-dealkylation sites (tertiary alicyclic amines) is 1. The molecule has 2 aliphatic carbocycles. The number of aliphatic imine (C=N–C) groups is 1. The molecular weight excluding hydrogens is 451 g/mol. The van der Waals surface area contributed by atoms with Crippen molar-refractivity contribution in [2.45, 2.75) is 38.5 Å². The molecule has 1 amide bonds. The van der Waals surface area contributed by atoms with E-state index < -0.39 is 12.3 Å². The number of nitrogens with two attached hydrogens (primary N) is 2. The maximum Gasteiger partial charge on any atom is 0.436 e. The van der Waals surface area contributed by atoms with Crippen LogP contribution in [0.15, 0.2) is 35.1 Å². The third-order valence-electron chi connectivity index (χ3n) is 7.76. The molecule has 0 radical (unpaired) electrons. The average Bonchev–Trinajstić information content (AvgIpc) is 3.57. The van der Waals surface area contributed by atoms with Crippen molar-refractivity contribution >= 4 is 17.7 Å². The quantitative estimate of drug-likeness (QED) is 0.445. The number of guanidine groups is 1. The molecule has 190 valence electrons. The van der Waals surface area contributed by atoms with Crippen molar-refractivity contribution < 1.29 is 18.7 Å². The second kappa shape index (κ2) is 10.0. The lowest BCUT2D eigenvalue weighted by Crippen LogP contribution is -2.54. The molecule has 1 saturated carbocycles. The number of ether oxygens (including phenoxy) is 2. The molecule has 1 aromatic rings. The SMILES string of the molecule is Cc1ccc(N2CCC(COC3CN(C4=CC5CC5C(COC(=O)N=C(N)N)C4F)C3)CC2)cn1. The topological polar surface area (TPSA) is 119 Å². The van der Waals surface area contributed by atoms with Crippen LogP contribution in [0.3, 0.4) is 0 Å². The summed E-state index contributed by atoms with van der Waals surface area (Å²) in [7, 11) is 0. The van der Waals surface area contributed by atoms with Crippen LogP contribution < -0.4 is 16.4 Å². The van der Waals surface area contributed by atoms with Crippen molar-refractivity contribution in [2.24, 2.45) is 40.1 Å². The van der Waals surface area contributed by atoms with Gasteiger partial charge in [-0.05, 0) is 56.1 Å². The van der Waals surface area contributed by atoms with E-state index in [-0.39, 0.29) is 30.5 Å². The fraction of sp³-hybridized carbons (Fsp3) is 0.640. The first-order valence-corrected chi connectivity index (χ1v) is 12.5. The number of allylic oxidation sites excluding steroid dienone is 2. The molecule has 3 heterocycles. The number of aryl methyl sites for hydroxylation is 1. The Morgan fingerprint density at radius 3 is 2.66 bits per heavy atom. The lowest BCUT2D eigenvalue weighted by molar-refractivity contribution is -0.0628. The second-order valence-electron chi connectivity index (χ2n) is 10.3. The van der Waals surface area contributed by atoms with Gasteiger partial charge in [-0.2, -0.15) is 0 Å². The molecule has 9 nitrogen and oxygen atoms in total. The van der Waals surface area contributed by atoms with Gasteiger partial charge in [0.1, 0.15) is 6.17 Å². The van der Waals surface area contributed by atoms with Crippen molar-refractivity contribution in [1.82, 2.24) is 9.88 Å². The summed E-state index contributed by atoms with van der Waals surface area (Å²) < 4.78 is 26.6. The number of alkyl halides is 1. The van der Waals surface area contributed by atoms with Gasteiger partial charge in [0.05, 0.1) is 31.2 Å². The molecule has 0 bridgehead atoms. The van der Waals surface area contributed by atoms with Crippen molar-refractivity contribution in [2.75, 3.05) is 44.3 Å². The molecular formula is C25H35FN6O3. The summed E-state index contributed by atoms with van der Waals surface area (Å²) in [6.07, 6.45) is 5.26. The minimum absolute atomic E-state index is 0.0135. The molecule has 4 atom stereocenters. The standard InChI is InChI=1S/C25H35FN6O3/c1-15-2-3-18(10-29-15)31-6-4-16(5-7-31)13-34-19-11-32(12-19)22-9-17-8-20(17)21(23(22)26)14-35-25(33)30-24(27)28/h2-3,9-10,16-17,19-21,23H,4-8,11-14H2,1H3,(H4,27,28,30,33). The van der Waals surface area contributed by atoms with Crippen LogP contribution in [0.25, 0.3) is 0 Å². The third-order valence-corrected chi connectivity index (χ3v) is 7.76. The van der Waals surface area contributed by atoms with Gasteiger partial charge in [0, 0.05) is 43.5 Å². The number of halogens is 1. The van der Waals surface area contributed by atoms with E-state index in [1.807, 2.05) is 13.1 Å². The second-order valence-corrected chi connectivity index (χ2v) is 10.3. The normalized spacial score (nSPS) is 28.6. The van der Waals surface area contributed by atoms with E-state index >= 15 is 4.39 Å². The summed E-state index contributed by atoms with van der Waals surface area (Å²) in [5.74, 6) is 0.416. The number of hydrogen-bond acceptors (Lipinski definition) is 6. The van der Waals surface area contributed by atoms with Crippen LogP contribution in [-0.4, -0.2) is 73.6 Å². The third kappa shape index (κ3) is 5.52. The molecule has 2 saturated heterocycles. The Balaban J connectivity index is 1.03. The van der Waals surface area contributed by atoms with E-state index in [0.29, 0.717) is 30.6 Å². The van der Waals surface area contributed by atoms with Crippen molar-refractivity contribution in [3.05, 3.63) is 35.8 Å². The Hall–Kier alpha value is -2.88. The van der Waals surface area contributed by atoms with E-state index in [1.54, 1.807) is 0 Å². The fourth-order valence-corrected chi connectivity index (χ4v) is 5.49. The number of amides is 1. The Morgan fingerprint density at radius 2 is 1.97 bits per heavy atom. The number of piperidine rings is 1. The molecule has 3 fully saturated rings. The van der Waals surface area contributed by atoms with E-state index in [2.05, 4.69) is 38.0 Å². The van der Waals surface area contributed by atoms with Gasteiger partial charge in [0.2, 0.25) is 0 Å². The number of nitrogens with zero attached hydrogens (tertiary/aromatic N) is 4. The summed E-state index contributed by atoms with van der Waals surface area (Å²) in [6, 6.07) is 4.20. The highest BCUT2D eigenvalue weighted by Gasteiger charge is 2.52. The zero-order chi connectivity index (χ0) is 24.5. The Morgan fingerprint density at radius 1 is 1.20 bits per heavy atom. The minimum Gasteiger partial charge on any atom is -0.447 e. The predicted octanol–water partition coefficient (Wildman–Crippen LogP) is 2.21. The first kappa shape index (κ1) is 23.8. The van der Waals surface area contributed by atoms with Crippen LogP contribution in [-0.2, 0) is 9.47 Å². The Labute approximate surface area is 205 Å². The molecule has 0 aromatic carbocycles. The van der Waals surface area contributed by atoms with Crippen LogP contribution in [0.4, 0.5) is 14.9 Å². The number of fused-ring (bicyclic) bond motifs is 1. The maximum absolute atomic E-state index is 15.3. The zero-order valence-electron chi connectivity index (χ0n) is 20.2. The highest BCUT2D eigenvalue weighted by atomic mass is 19.1. The van der Waals surface area contributed by atoms with Crippen LogP contribution in [0.1, 0.15) is 25.0 Å². The van der Waals surface area contributed by atoms with Gasteiger partial charge in [-0.25, -0.2) is 9.18 Å². The molecule has 4 unspecified atom stereocenters. The highest BCUT2D eigenvalue weighted by molar-refractivity contribution is 5.87. The van der Waals surface area contributed by atoms with Crippen molar-refractivity contribution in [3.63, 3.8) is 0 Å². The van der Waals surface area contributed by atoms with Gasteiger partial charge in [-0.15, -0.1) is 4.99 Å². The van der Waals surface area contributed by atoms with Crippen LogP contribution in [0.2, 0.25) is 0 Å². The van der Waals surface area contributed by atoms with E-state index in [4.69, 9.17) is 20.9 Å². The van der Waals surface area contributed by atoms with Gasteiger partial charge in [0.15, 0.2) is 5.96 Å². The van der Waals surface area contributed by atoms with Crippen molar-refractivity contribution in [1.29, 1.82) is 0 Å². The molecule has 10 heteroatoms. The first-order valence-electron chi connectivity index (χ1n) is 12.5. The van der Waals surface area contributed by atoms with Gasteiger partial charge in [-0.3, -0.25) is 4.98 Å². The predicted molar refractivity (Wildman–Crippen MR) is 130 cm³/mol. The molecule has 2 aliphatic heterocycles. The van der Waals surface area contributed by atoms with Crippen molar-refractivity contribution in [3.8, 4) is 0 Å². The number of anilines is 1. The van der Waals surface area contributed by atoms with Crippen LogP contribution >= 0.6 is 0 Å². The molecule has 4 aliphatic rings. The number of hydrogen-bond donors (Lipinski definition) is 2. The minimum atomic E-state index is -1.16. The monoisotopic (exact) mass is 486 g/mol. The molecule has 1 aromatic heterocycles. The largest absolute Gasteiger partial charge is 0.447 e. The summed E-state index contributed by atoms with van der Waals surface area (Å²) >= 11 is 0. The molecule has 35 heavy (non-hydrogen) atoms. The summed E-state index contributed by atoms with van der Waals surface area (Å²) in [4.78, 5) is 23.8.